The fourth-order valence-corrected chi connectivity index (χ4v) is 4.79. The van der Waals surface area contributed by atoms with Crippen LogP contribution in [0.2, 0.25) is 0 Å². The van der Waals surface area contributed by atoms with Crippen molar-refractivity contribution in [2.45, 2.75) is 57.6 Å². The van der Waals surface area contributed by atoms with Gasteiger partial charge >= 0.3 is 5.97 Å². The third-order valence-electron chi connectivity index (χ3n) is 6.46. The number of carboxylic acid groups (broad SMARTS) is 1. The van der Waals surface area contributed by atoms with Gasteiger partial charge in [0.2, 0.25) is 0 Å². The van der Waals surface area contributed by atoms with E-state index in [2.05, 4.69) is 30.0 Å². The monoisotopic (exact) mass is 386 g/mol. The van der Waals surface area contributed by atoms with E-state index in [1.807, 2.05) is 4.90 Å². The van der Waals surface area contributed by atoms with Crippen LogP contribution in [0.15, 0.2) is 18.2 Å². The number of hydrogen-bond donors (Lipinski definition) is 1. The first-order valence-electron chi connectivity index (χ1n) is 10.5. The Morgan fingerprint density at radius 1 is 1.21 bits per heavy atom. The Hall–Kier alpha value is -1.92. The summed E-state index contributed by atoms with van der Waals surface area (Å²) in [4.78, 5) is 28.2. The number of anilines is 1. The average molecular weight is 386 g/mol. The van der Waals surface area contributed by atoms with Crippen LogP contribution in [0.1, 0.15) is 43.7 Å². The van der Waals surface area contributed by atoms with E-state index >= 15 is 0 Å². The molecule has 0 aromatic heterocycles. The Bertz CT molecular complexity index is 736. The summed E-state index contributed by atoms with van der Waals surface area (Å²) >= 11 is 0. The third-order valence-corrected chi connectivity index (χ3v) is 6.46. The number of likely N-dealkylation sites (tertiary alicyclic amines) is 1. The van der Waals surface area contributed by atoms with Crippen molar-refractivity contribution in [2.24, 2.45) is 5.92 Å². The number of rotatable bonds is 5. The van der Waals surface area contributed by atoms with Crippen molar-refractivity contribution in [2.75, 3.05) is 31.1 Å². The molecule has 0 bridgehead atoms. The lowest BCUT2D eigenvalue weighted by molar-refractivity contribution is -0.143. The maximum absolute atomic E-state index is 12.9. The molecule has 1 amide bonds. The van der Waals surface area contributed by atoms with Crippen LogP contribution in [-0.2, 0) is 27.2 Å². The summed E-state index contributed by atoms with van der Waals surface area (Å²) in [5.74, 6) is -0.725. The Balaban J connectivity index is 1.36. The normalized spacial score (nSPS) is 25.8. The Morgan fingerprint density at radius 3 is 2.68 bits per heavy atom. The second-order valence-corrected chi connectivity index (χ2v) is 8.43. The lowest BCUT2D eigenvalue weighted by atomic mass is 9.96. The zero-order valence-corrected chi connectivity index (χ0v) is 16.6. The van der Waals surface area contributed by atoms with Gasteiger partial charge in [-0.3, -0.25) is 9.59 Å². The predicted molar refractivity (Wildman–Crippen MR) is 107 cm³/mol. The van der Waals surface area contributed by atoms with Crippen molar-refractivity contribution in [3.05, 3.63) is 29.3 Å². The Morgan fingerprint density at radius 2 is 2.00 bits per heavy atom. The molecular weight excluding hydrogens is 356 g/mol. The summed E-state index contributed by atoms with van der Waals surface area (Å²) < 4.78 is 5.61. The van der Waals surface area contributed by atoms with Gasteiger partial charge in [0, 0.05) is 24.9 Å². The molecule has 3 heterocycles. The Kier molecular flexibility index (Phi) is 5.69. The molecular formula is C22H30N2O4. The minimum absolute atomic E-state index is 0.109. The van der Waals surface area contributed by atoms with Gasteiger partial charge in [0.1, 0.15) is 6.10 Å². The lowest BCUT2D eigenvalue weighted by Crippen LogP contribution is -2.42. The number of piperidine rings is 1. The van der Waals surface area contributed by atoms with Crippen molar-refractivity contribution in [1.29, 1.82) is 0 Å². The molecule has 28 heavy (non-hydrogen) atoms. The number of amides is 1. The van der Waals surface area contributed by atoms with Gasteiger partial charge in [-0.1, -0.05) is 12.1 Å². The van der Waals surface area contributed by atoms with E-state index in [9.17, 15) is 9.59 Å². The van der Waals surface area contributed by atoms with Gasteiger partial charge in [0.25, 0.3) is 5.91 Å². The third kappa shape index (κ3) is 3.94. The van der Waals surface area contributed by atoms with Crippen molar-refractivity contribution in [1.82, 2.24) is 4.90 Å². The van der Waals surface area contributed by atoms with Crippen LogP contribution >= 0.6 is 0 Å². The van der Waals surface area contributed by atoms with Crippen LogP contribution in [0.4, 0.5) is 5.69 Å². The van der Waals surface area contributed by atoms with Gasteiger partial charge < -0.3 is 19.6 Å². The number of aliphatic carboxylic acids is 1. The van der Waals surface area contributed by atoms with E-state index < -0.39 is 5.97 Å². The van der Waals surface area contributed by atoms with Gasteiger partial charge in [0.05, 0.1) is 5.92 Å². The minimum Gasteiger partial charge on any atom is -0.481 e. The molecule has 1 aromatic rings. The minimum atomic E-state index is -0.658. The molecule has 3 aliphatic heterocycles. The summed E-state index contributed by atoms with van der Waals surface area (Å²) in [5.41, 5.74) is 3.58. The topological polar surface area (TPSA) is 70.1 Å². The molecule has 0 aliphatic carbocycles. The maximum atomic E-state index is 12.9. The van der Waals surface area contributed by atoms with Crippen LogP contribution < -0.4 is 4.90 Å². The van der Waals surface area contributed by atoms with E-state index in [0.29, 0.717) is 6.61 Å². The van der Waals surface area contributed by atoms with Gasteiger partial charge in [0.15, 0.2) is 0 Å². The molecule has 0 saturated carbocycles. The summed E-state index contributed by atoms with van der Waals surface area (Å²) in [6, 6.07) is 6.66. The van der Waals surface area contributed by atoms with Gasteiger partial charge in [-0.05, 0) is 75.7 Å². The first kappa shape index (κ1) is 19.4. The molecule has 6 heteroatoms. The van der Waals surface area contributed by atoms with E-state index in [4.69, 9.17) is 9.84 Å². The van der Waals surface area contributed by atoms with Gasteiger partial charge in [-0.15, -0.1) is 0 Å². The molecule has 2 fully saturated rings. The highest BCUT2D eigenvalue weighted by atomic mass is 16.5. The fraction of sp³-hybridized carbons (Fsp3) is 0.636. The molecule has 0 radical (unpaired) electrons. The summed E-state index contributed by atoms with van der Waals surface area (Å²) in [6.07, 6.45) is 4.86. The molecule has 152 valence electrons. The van der Waals surface area contributed by atoms with Crippen LogP contribution in [0.5, 0.6) is 0 Å². The molecule has 2 atom stereocenters. The number of hydrogen-bond acceptors (Lipinski definition) is 4. The van der Waals surface area contributed by atoms with Crippen molar-refractivity contribution in [3.8, 4) is 0 Å². The number of carboxylic acids is 1. The lowest BCUT2D eigenvalue weighted by Gasteiger charge is -2.30. The van der Waals surface area contributed by atoms with Gasteiger partial charge in [-0.25, -0.2) is 0 Å². The van der Waals surface area contributed by atoms with Crippen LogP contribution in [0, 0.1) is 5.92 Å². The molecule has 0 spiro atoms. The second-order valence-electron chi connectivity index (χ2n) is 8.43. The summed E-state index contributed by atoms with van der Waals surface area (Å²) in [7, 11) is 0. The maximum Gasteiger partial charge on any atom is 0.306 e. The average Bonchev–Trinajstić information content (AvgIpc) is 3.33. The molecule has 2 saturated heterocycles. The molecule has 3 aliphatic rings. The van der Waals surface area contributed by atoms with Crippen LogP contribution in [0.3, 0.4) is 0 Å². The molecule has 1 aromatic carbocycles. The zero-order chi connectivity index (χ0) is 19.7. The molecule has 4 rings (SSSR count). The van der Waals surface area contributed by atoms with Crippen molar-refractivity contribution < 1.29 is 19.4 Å². The second kappa shape index (κ2) is 8.21. The quantitative estimate of drug-likeness (QED) is 0.842. The highest BCUT2D eigenvalue weighted by Crippen LogP contribution is 2.34. The van der Waals surface area contributed by atoms with E-state index in [1.54, 1.807) is 0 Å². The number of nitrogens with zero attached hydrogens (tertiary/aromatic N) is 2. The standard InChI is InChI=1S/C22H30N2O4/c1-15-13-18-14-16(6-9-23-10-7-17(8-11-23)22(26)27)4-5-19(18)24(15)21(25)20-3-2-12-28-20/h4-5,14-15,17,20H,2-3,6-13H2,1H3,(H,26,27). The van der Waals surface area contributed by atoms with E-state index in [1.165, 1.54) is 11.1 Å². The first-order chi connectivity index (χ1) is 13.5. The van der Waals surface area contributed by atoms with Crippen molar-refractivity contribution in [3.63, 3.8) is 0 Å². The molecule has 6 nitrogen and oxygen atoms in total. The Labute approximate surface area is 166 Å². The zero-order valence-electron chi connectivity index (χ0n) is 16.6. The summed E-state index contributed by atoms with van der Waals surface area (Å²) in [5, 5.41) is 9.12. The van der Waals surface area contributed by atoms with E-state index in [0.717, 1.165) is 63.8 Å². The van der Waals surface area contributed by atoms with Gasteiger partial charge in [-0.2, -0.15) is 0 Å². The SMILES string of the molecule is CC1Cc2cc(CCN3CCC(C(=O)O)CC3)ccc2N1C(=O)C1CCCO1. The smallest absolute Gasteiger partial charge is 0.306 e. The predicted octanol–water partition coefficient (Wildman–Crippen LogP) is 2.48. The summed E-state index contributed by atoms with van der Waals surface area (Å²) in [6.45, 7) is 5.48. The highest BCUT2D eigenvalue weighted by Gasteiger charge is 2.36. The number of fused-ring (bicyclic) bond motifs is 1. The van der Waals surface area contributed by atoms with Crippen molar-refractivity contribution >= 4 is 17.6 Å². The van der Waals surface area contributed by atoms with E-state index in [-0.39, 0.29) is 24.0 Å². The van der Waals surface area contributed by atoms with Crippen LogP contribution in [-0.4, -0.2) is 60.3 Å². The first-order valence-corrected chi connectivity index (χ1v) is 10.5. The highest BCUT2D eigenvalue weighted by molar-refractivity contribution is 5.99. The number of carbonyl (C=O) groups is 2. The number of ether oxygens (including phenoxy) is 1. The molecule has 2 unspecified atom stereocenters. The largest absolute Gasteiger partial charge is 0.481 e. The number of benzene rings is 1. The van der Waals surface area contributed by atoms with Crippen LogP contribution in [0.25, 0.3) is 0 Å². The number of carbonyl (C=O) groups excluding carboxylic acids is 1. The fourth-order valence-electron chi connectivity index (χ4n) is 4.79. The molecule has 1 N–H and O–H groups in total.